The van der Waals surface area contributed by atoms with Gasteiger partial charge in [-0.3, -0.25) is 9.59 Å². The van der Waals surface area contributed by atoms with E-state index in [9.17, 15) is 9.59 Å². The fraction of sp³-hybridized carbons (Fsp3) is 0.622. The summed E-state index contributed by atoms with van der Waals surface area (Å²) in [6, 6.07) is 13.9. The van der Waals surface area contributed by atoms with Gasteiger partial charge in [-0.05, 0) is 68.9 Å². The third-order valence-corrected chi connectivity index (χ3v) is 9.06. The highest BCUT2D eigenvalue weighted by Crippen LogP contribution is 2.38. The number of anilines is 1. The summed E-state index contributed by atoms with van der Waals surface area (Å²) in [6.07, 6.45) is 1.91. The lowest BCUT2D eigenvalue weighted by Gasteiger charge is -2.47. The van der Waals surface area contributed by atoms with E-state index in [1.807, 2.05) is 24.8 Å². The molecule has 1 fully saturated rings. The SMILES string of the molecule is COCCCN1CCOc2ccc(CO[C@H]3CN(C(=O)C(C)N)[C@@H](CC(C)(C)NC(C)=O)C[C@@H]3c3ccc(COCCOC)cc3)cc21. The largest absolute Gasteiger partial charge is 0.490 e. The van der Waals surface area contributed by atoms with Gasteiger partial charge >= 0.3 is 0 Å². The Morgan fingerprint density at radius 2 is 1.77 bits per heavy atom. The van der Waals surface area contributed by atoms with Crippen LogP contribution in [0, 0.1) is 0 Å². The molecular formula is C37H56N4O7. The van der Waals surface area contributed by atoms with Crippen molar-refractivity contribution >= 4 is 17.5 Å². The number of likely N-dealkylation sites (tertiary alicyclic amines) is 1. The standard InChI is InChI=1S/C37H56N4O7/c1-26(38)36(43)41-23-35(48-25-29-10-13-34-33(20-29)40(15-17-47-34)14-7-16-44-5)32(21-31(41)22-37(3,4)39-27(2)42)30-11-8-28(9-12-30)24-46-19-18-45-6/h8-13,20,26,31-32,35H,7,14-19,21-25,38H2,1-6H3,(H,39,42)/t26?,31-,32-,35+/m1/s1. The first kappa shape index (κ1) is 37.6. The lowest BCUT2D eigenvalue weighted by molar-refractivity contribution is -0.142. The minimum absolute atomic E-state index is 0.00946. The van der Waals surface area contributed by atoms with Crippen LogP contribution in [-0.2, 0) is 41.8 Å². The summed E-state index contributed by atoms with van der Waals surface area (Å²) < 4.78 is 28.8. The van der Waals surface area contributed by atoms with Crippen molar-refractivity contribution < 1.29 is 33.3 Å². The summed E-state index contributed by atoms with van der Waals surface area (Å²) in [6.45, 7) is 12.7. The molecule has 0 radical (unpaired) electrons. The van der Waals surface area contributed by atoms with Gasteiger partial charge in [-0.2, -0.15) is 0 Å². The number of hydrogen-bond acceptors (Lipinski definition) is 9. The minimum atomic E-state index is -0.657. The predicted octanol–water partition coefficient (Wildman–Crippen LogP) is 4.01. The zero-order valence-electron chi connectivity index (χ0n) is 29.7. The average molecular weight is 669 g/mol. The Balaban J connectivity index is 1.59. The Labute approximate surface area is 286 Å². The molecule has 48 heavy (non-hydrogen) atoms. The maximum atomic E-state index is 13.6. The predicted molar refractivity (Wildman–Crippen MR) is 186 cm³/mol. The molecule has 2 aliphatic rings. The molecule has 0 aliphatic carbocycles. The van der Waals surface area contributed by atoms with E-state index in [0.717, 1.165) is 47.6 Å². The molecule has 2 aromatic rings. The van der Waals surface area contributed by atoms with Crippen LogP contribution in [0.1, 0.15) is 69.6 Å². The van der Waals surface area contributed by atoms with Gasteiger partial charge in [-0.1, -0.05) is 30.3 Å². The summed E-state index contributed by atoms with van der Waals surface area (Å²) in [5.41, 5.74) is 9.98. The molecule has 2 amide bonds. The third kappa shape index (κ3) is 10.6. The Kier molecular flexibility index (Phi) is 14.1. The normalized spacial score (nSPS) is 20.2. The van der Waals surface area contributed by atoms with Crippen molar-refractivity contribution in [1.29, 1.82) is 0 Å². The second-order valence-electron chi connectivity index (χ2n) is 13.7. The van der Waals surface area contributed by atoms with Crippen LogP contribution in [0.15, 0.2) is 42.5 Å². The number of ether oxygens (including phenoxy) is 5. The molecule has 2 heterocycles. The molecule has 1 saturated heterocycles. The van der Waals surface area contributed by atoms with E-state index < -0.39 is 11.6 Å². The van der Waals surface area contributed by atoms with Crippen molar-refractivity contribution in [1.82, 2.24) is 10.2 Å². The van der Waals surface area contributed by atoms with Gasteiger partial charge in [-0.25, -0.2) is 0 Å². The van der Waals surface area contributed by atoms with Gasteiger partial charge < -0.3 is 44.5 Å². The number of rotatable bonds is 17. The van der Waals surface area contributed by atoms with Gasteiger partial charge in [0.2, 0.25) is 11.8 Å². The van der Waals surface area contributed by atoms with Crippen molar-refractivity contribution in [2.24, 2.45) is 5.73 Å². The van der Waals surface area contributed by atoms with Crippen LogP contribution < -0.4 is 20.7 Å². The fourth-order valence-corrected chi connectivity index (χ4v) is 6.84. The first-order valence-electron chi connectivity index (χ1n) is 17.1. The number of carbonyl (C=O) groups is 2. The highest BCUT2D eigenvalue weighted by molar-refractivity contribution is 5.81. The third-order valence-electron chi connectivity index (χ3n) is 9.06. The minimum Gasteiger partial charge on any atom is -0.490 e. The quantitative estimate of drug-likeness (QED) is 0.241. The van der Waals surface area contributed by atoms with Crippen molar-refractivity contribution in [3.05, 3.63) is 59.2 Å². The zero-order chi connectivity index (χ0) is 34.7. The van der Waals surface area contributed by atoms with Crippen LogP contribution in [0.5, 0.6) is 5.75 Å². The van der Waals surface area contributed by atoms with Gasteiger partial charge in [0.05, 0.1) is 50.8 Å². The van der Waals surface area contributed by atoms with Crippen molar-refractivity contribution in [2.75, 3.05) is 65.2 Å². The van der Waals surface area contributed by atoms with Crippen molar-refractivity contribution in [2.45, 2.75) is 89.8 Å². The highest BCUT2D eigenvalue weighted by Gasteiger charge is 2.42. The van der Waals surface area contributed by atoms with Crippen molar-refractivity contribution in [3.8, 4) is 5.75 Å². The number of hydrogen-bond donors (Lipinski definition) is 2. The fourth-order valence-electron chi connectivity index (χ4n) is 6.84. The number of benzene rings is 2. The molecule has 0 saturated carbocycles. The van der Waals surface area contributed by atoms with Crippen molar-refractivity contribution in [3.63, 3.8) is 0 Å². The molecule has 2 aromatic carbocycles. The molecular weight excluding hydrogens is 612 g/mol. The monoisotopic (exact) mass is 668 g/mol. The maximum Gasteiger partial charge on any atom is 0.239 e. The van der Waals surface area contributed by atoms with E-state index in [2.05, 4.69) is 46.6 Å². The van der Waals surface area contributed by atoms with Gasteiger partial charge in [0, 0.05) is 58.3 Å². The second-order valence-corrected chi connectivity index (χ2v) is 13.7. The smallest absolute Gasteiger partial charge is 0.239 e. The molecule has 11 heteroatoms. The molecule has 1 unspecified atom stereocenters. The number of nitrogens with one attached hydrogen (secondary N) is 1. The molecule has 266 valence electrons. The molecule has 2 aliphatic heterocycles. The van der Waals surface area contributed by atoms with Gasteiger partial charge in [0.25, 0.3) is 0 Å². The molecule has 0 spiro atoms. The zero-order valence-corrected chi connectivity index (χ0v) is 29.7. The topological polar surface area (TPSA) is 125 Å². The number of nitrogens with zero attached hydrogens (tertiary/aromatic N) is 2. The van der Waals surface area contributed by atoms with Crippen LogP contribution in [-0.4, -0.2) is 101 Å². The van der Waals surface area contributed by atoms with E-state index in [1.54, 1.807) is 21.1 Å². The molecule has 11 nitrogen and oxygen atoms in total. The number of methoxy groups -OCH3 is 2. The summed E-state index contributed by atoms with van der Waals surface area (Å²) in [5, 5.41) is 3.06. The number of nitrogens with two attached hydrogens (primary N) is 1. The Hall–Kier alpha value is -3.22. The first-order valence-corrected chi connectivity index (χ1v) is 17.1. The number of amides is 2. The Bertz CT molecular complexity index is 1320. The van der Waals surface area contributed by atoms with Crippen LogP contribution in [0.4, 0.5) is 5.69 Å². The van der Waals surface area contributed by atoms with Gasteiger partial charge in [-0.15, -0.1) is 0 Å². The second kappa shape index (κ2) is 18.0. The average Bonchev–Trinajstić information content (AvgIpc) is 3.05. The van der Waals surface area contributed by atoms with Gasteiger partial charge in [0.1, 0.15) is 12.4 Å². The van der Waals surface area contributed by atoms with E-state index in [1.165, 1.54) is 6.92 Å². The molecule has 4 atom stereocenters. The highest BCUT2D eigenvalue weighted by atomic mass is 16.5. The van der Waals surface area contributed by atoms with Gasteiger partial charge in [0.15, 0.2) is 0 Å². The van der Waals surface area contributed by atoms with Crippen LogP contribution in [0.2, 0.25) is 0 Å². The van der Waals surface area contributed by atoms with Crippen LogP contribution in [0.25, 0.3) is 0 Å². The first-order chi connectivity index (χ1) is 23.0. The Morgan fingerprint density at radius 1 is 1.04 bits per heavy atom. The summed E-state index contributed by atoms with van der Waals surface area (Å²) in [7, 11) is 3.39. The number of piperidine rings is 1. The summed E-state index contributed by atoms with van der Waals surface area (Å²) in [4.78, 5) is 29.8. The number of fused-ring (bicyclic) bond motifs is 1. The lowest BCUT2D eigenvalue weighted by atomic mass is 9.79. The Morgan fingerprint density at radius 3 is 2.46 bits per heavy atom. The molecule has 4 rings (SSSR count). The van der Waals surface area contributed by atoms with E-state index in [4.69, 9.17) is 29.4 Å². The van der Waals surface area contributed by atoms with Crippen LogP contribution in [0.3, 0.4) is 0 Å². The van der Waals surface area contributed by atoms with Crippen LogP contribution >= 0.6 is 0 Å². The summed E-state index contributed by atoms with van der Waals surface area (Å²) in [5.74, 6) is 0.666. The molecule has 0 aromatic heterocycles. The lowest BCUT2D eigenvalue weighted by Crippen LogP contribution is -2.58. The molecule has 3 N–H and O–H groups in total. The number of carbonyl (C=O) groups excluding carboxylic acids is 2. The van der Waals surface area contributed by atoms with E-state index >= 15 is 0 Å². The van der Waals surface area contributed by atoms with E-state index in [0.29, 0.717) is 59.0 Å². The summed E-state index contributed by atoms with van der Waals surface area (Å²) >= 11 is 0. The molecule has 0 bridgehead atoms. The van der Waals surface area contributed by atoms with E-state index in [-0.39, 0.29) is 29.9 Å². The maximum absolute atomic E-state index is 13.6.